The van der Waals surface area contributed by atoms with Gasteiger partial charge in [-0.15, -0.1) is 0 Å². The highest BCUT2D eigenvalue weighted by Crippen LogP contribution is 2.24. The van der Waals surface area contributed by atoms with Crippen LogP contribution >= 0.6 is 0 Å². The molecule has 4 heteroatoms. The van der Waals surface area contributed by atoms with Gasteiger partial charge in [0.25, 0.3) is 11.5 Å². The van der Waals surface area contributed by atoms with Crippen LogP contribution in [0.3, 0.4) is 0 Å². The Morgan fingerprint density at radius 2 is 2.04 bits per heavy atom. The van der Waals surface area contributed by atoms with Crippen LogP contribution < -0.4 is 10.9 Å². The SMILES string of the molecule is Cc1ccc(NC(=O)c2cc3c([nH]c2=O)CC[C@@H](C)C3)c(C)c1. The molecule has 0 spiro atoms. The van der Waals surface area contributed by atoms with Crippen LogP contribution in [0.5, 0.6) is 0 Å². The third kappa shape index (κ3) is 3.21. The number of anilines is 1. The van der Waals surface area contributed by atoms with Crippen molar-refractivity contribution in [2.24, 2.45) is 5.92 Å². The van der Waals surface area contributed by atoms with Crippen LogP contribution in [-0.4, -0.2) is 10.9 Å². The molecule has 2 aromatic rings. The van der Waals surface area contributed by atoms with Crippen LogP contribution in [0, 0.1) is 19.8 Å². The topological polar surface area (TPSA) is 62.0 Å². The lowest BCUT2D eigenvalue weighted by Crippen LogP contribution is -2.27. The summed E-state index contributed by atoms with van der Waals surface area (Å²) in [6.07, 6.45) is 2.87. The van der Waals surface area contributed by atoms with Gasteiger partial charge in [-0.1, -0.05) is 24.6 Å². The van der Waals surface area contributed by atoms with Crippen molar-refractivity contribution in [1.82, 2.24) is 4.98 Å². The Morgan fingerprint density at radius 1 is 1.26 bits per heavy atom. The van der Waals surface area contributed by atoms with Crippen molar-refractivity contribution in [3.63, 3.8) is 0 Å². The van der Waals surface area contributed by atoms with Crippen LogP contribution in [0.4, 0.5) is 5.69 Å². The molecule has 2 N–H and O–H groups in total. The number of hydrogen-bond donors (Lipinski definition) is 2. The summed E-state index contributed by atoms with van der Waals surface area (Å²) in [6.45, 7) is 6.15. The molecule has 0 radical (unpaired) electrons. The van der Waals surface area contributed by atoms with Crippen molar-refractivity contribution in [2.75, 3.05) is 5.32 Å². The first-order valence-electron chi connectivity index (χ1n) is 8.07. The van der Waals surface area contributed by atoms with Crippen LogP contribution in [0.1, 0.15) is 46.1 Å². The maximum atomic E-state index is 12.5. The number of benzene rings is 1. The molecule has 1 aromatic heterocycles. The fourth-order valence-electron chi connectivity index (χ4n) is 3.20. The second-order valence-corrected chi connectivity index (χ2v) is 6.64. The molecule has 0 aliphatic heterocycles. The summed E-state index contributed by atoms with van der Waals surface area (Å²) < 4.78 is 0. The Bertz CT molecular complexity index is 821. The van der Waals surface area contributed by atoms with E-state index >= 15 is 0 Å². The largest absolute Gasteiger partial charge is 0.325 e. The average Bonchev–Trinajstić information content (AvgIpc) is 2.49. The van der Waals surface area contributed by atoms with Crippen LogP contribution in [0.2, 0.25) is 0 Å². The summed E-state index contributed by atoms with van der Waals surface area (Å²) in [5.74, 6) is 0.239. The van der Waals surface area contributed by atoms with Crippen LogP contribution in [-0.2, 0) is 12.8 Å². The van der Waals surface area contributed by atoms with Gasteiger partial charge >= 0.3 is 0 Å². The Morgan fingerprint density at radius 3 is 2.78 bits per heavy atom. The van der Waals surface area contributed by atoms with Gasteiger partial charge in [-0.2, -0.15) is 0 Å². The molecule has 3 rings (SSSR count). The molecule has 4 nitrogen and oxygen atoms in total. The second kappa shape index (κ2) is 6.03. The standard InChI is InChI=1S/C19H22N2O2/c1-11-4-6-16(13(3)8-11)20-18(22)15-10-14-9-12(2)5-7-17(14)21-19(15)23/h4,6,8,10,12H,5,7,9H2,1-3H3,(H,20,22)(H,21,23)/t12-/m1/s1. The smallest absolute Gasteiger partial charge is 0.261 e. The zero-order valence-electron chi connectivity index (χ0n) is 13.8. The van der Waals surface area contributed by atoms with E-state index in [4.69, 9.17) is 0 Å². The fourth-order valence-corrected chi connectivity index (χ4v) is 3.20. The Labute approximate surface area is 135 Å². The number of aryl methyl sites for hydroxylation is 3. The Hall–Kier alpha value is -2.36. The van der Waals surface area contributed by atoms with E-state index in [-0.39, 0.29) is 17.0 Å². The molecule has 1 atom stereocenters. The minimum atomic E-state index is -0.348. The molecule has 0 unspecified atom stereocenters. The van der Waals surface area contributed by atoms with E-state index in [1.807, 2.05) is 32.0 Å². The zero-order chi connectivity index (χ0) is 16.6. The highest BCUT2D eigenvalue weighted by Gasteiger charge is 2.20. The van der Waals surface area contributed by atoms with Crippen molar-refractivity contribution >= 4 is 11.6 Å². The summed E-state index contributed by atoms with van der Waals surface area (Å²) in [4.78, 5) is 27.6. The van der Waals surface area contributed by atoms with Crippen LogP contribution in [0.25, 0.3) is 0 Å². The molecule has 0 saturated carbocycles. The van der Waals surface area contributed by atoms with E-state index in [0.29, 0.717) is 5.92 Å². The molecule has 0 bridgehead atoms. The van der Waals surface area contributed by atoms with Gasteiger partial charge in [0.05, 0.1) is 0 Å². The minimum Gasteiger partial charge on any atom is -0.325 e. The van der Waals surface area contributed by atoms with E-state index in [9.17, 15) is 9.59 Å². The molecule has 0 saturated heterocycles. The molecule has 1 aromatic carbocycles. The maximum Gasteiger partial charge on any atom is 0.261 e. The molecule has 120 valence electrons. The van der Waals surface area contributed by atoms with Gasteiger partial charge in [-0.25, -0.2) is 0 Å². The first kappa shape index (κ1) is 15.5. The molecular formula is C19H22N2O2. The summed E-state index contributed by atoms with van der Waals surface area (Å²) in [6, 6.07) is 7.59. The lowest BCUT2D eigenvalue weighted by molar-refractivity contribution is 0.102. The monoisotopic (exact) mass is 310 g/mol. The van der Waals surface area contributed by atoms with E-state index in [1.54, 1.807) is 6.07 Å². The van der Waals surface area contributed by atoms with E-state index in [0.717, 1.165) is 47.3 Å². The number of fused-ring (bicyclic) bond motifs is 1. The van der Waals surface area contributed by atoms with Crippen molar-refractivity contribution in [3.8, 4) is 0 Å². The molecule has 0 fully saturated rings. The maximum absolute atomic E-state index is 12.5. The van der Waals surface area contributed by atoms with Crippen molar-refractivity contribution < 1.29 is 4.79 Å². The van der Waals surface area contributed by atoms with Gasteiger partial charge in [-0.05, 0) is 62.3 Å². The van der Waals surface area contributed by atoms with Crippen LogP contribution in [0.15, 0.2) is 29.1 Å². The predicted octanol–water partition coefficient (Wildman–Crippen LogP) is 3.37. The third-order valence-electron chi connectivity index (χ3n) is 4.55. The van der Waals surface area contributed by atoms with Gasteiger partial charge in [0.15, 0.2) is 0 Å². The van der Waals surface area contributed by atoms with Crippen molar-refractivity contribution in [1.29, 1.82) is 0 Å². The van der Waals surface area contributed by atoms with Gasteiger partial charge in [-0.3, -0.25) is 9.59 Å². The number of aromatic amines is 1. The number of carbonyl (C=O) groups excluding carboxylic acids is 1. The lowest BCUT2D eigenvalue weighted by atomic mass is 9.87. The quantitative estimate of drug-likeness (QED) is 0.893. The van der Waals surface area contributed by atoms with Crippen molar-refractivity contribution in [2.45, 2.75) is 40.0 Å². The van der Waals surface area contributed by atoms with Gasteiger partial charge in [0.2, 0.25) is 0 Å². The minimum absolute atomic E-state index is 0.192. The third-order valence-corrected chi connectivity index (χ3v) is 4.55. The van der Waals surface area contributed by atoms with Gasteiger partial charge in [0, 0.05) is 11.4 Å². The zero-order valence-corrected chi connectivity index (χ0v) is 13.8. The predicted molar refractivity (Wildman–Crippen MR) is 92.1 cm³/mol. The van der Waals surface area contributed by atoms with E-state index in [1.165, 1.54) is 0 Å². The lowest BCUT2D eigenvalue weighted by Gasteiger charge is -2.21. The molecule has 1 aliphatic rings. The highest BCUT2D eigenvalue weighted by atomic mass is 16.2. The first-order valence-corrected chi connectivity index (χ1v) is 8.07. The van der Waals surface area contributed by atoms with Gasteiger partial charge < -0.3 is 10.3 Å². The normalized spacial score (nSPS) is 16.7. The second-order valence-electron chi connectivity index (χ2n) is 6.64. The molecule has 1 aliphatic carbocycles. The van der Waals surface area contributed by atoms with E-state index in [2.05, 4.69) is 17.2 Å². The number of rotatable bonds is 2. The first-order chi connectivity index (χ1) is 10.9. The number of nitrogens with one attached hydrogen (secondary N) is 2. The summed E-state index contributed by atoms with van der Waals surface area (Å²) in [7, 11) is 0. The molecule has 1 amide bonds. The Kier molecular flexibility index (Phi) is 4.07. The van der Waals surface area contributed by atoms with Gasteiger partial charge in [0.1, 0.15) is 5.56 Å². The molecular weight excluding hydrogens is 288 g/mol. The number of aromatic nitrogens is 1. The van der Waals surface area contributed by atoms with E-state index < -0.39 is 0 Å². The number of H-pyrrole nitrogens is 1. The Balaban J connectivity index is 1.90. The average molecular weight is 310 g/mol. The molecule has 23 heavy (non-hydrogen) atoms. The summed E-state index contributed by atoms with van der Waals surface area (Å²) in [5, 5.41) is 2.85. The molecule has 1 heterocycles. The summed E-state index contributed by atoms with van der Waals surface area (Å²) in [5.41, 5.74) is 4.83. The highest BCUT2D eigenvalue weighted by molar-refractivity contribution is 6.04. The summed E-state index contributed by atoms with van der Waals surface area (Å²) >= 11 is 0. The number of carbonyl (C=O) groups is 1. The number of hydrogen-bond acceptors (Lipinski definition) is 2. The fraction of sp³-hybridized carbons (Fsp3) is 0.368. The number of pyridine rings is 1. The van der Waals surface area contributed by atoms with Crippen molar-refractivity contribution in [3.05, 3.63) is 62.6 Å². The number of amides is 1.